The van der Waals surface area contributed by atoms with Crippen LogP contribution in [0.4, 0.5) is 0 Å². The van der Waals surface area contributed by atoms with Crippen molar-refractivity contribution < 1.29 is 0 Å². The molecule has 0 aliphatic rings. The first-order valence-corrected chi connectivity index (χ1v) is 16.3. The van der Waals surface area contributed by atoms with Gasteiger partial charge in [-0.05, 0) is 101 Å². The Morgan fingerprint density at radius 1 is 0.340 bits per heavy atom. The SMILES string of the molecule is N#Cc1cccc(-c2ccccc2-c2cc(-n3c4ccccc4c4ccccc43)cc(-n3c4ccc(C#N)cc4c4cc(C#N)ccc43)c2)c1. The van der Waals surface area contributed by atoms with E-state index >= 15 is 0 Å². The van der Waals surface area contributed by atoms with Crippen LogP contribution in [0.3, 0.4) is 0 Å². The molecule has 230 valence electrons. The van der Waals surface area contributed by atoms with Gasteiger partial charge in [-0.15, -0.1) is 0 Å². The molecule has 0 saturated heterocycles. The zero-order valence-electron chi connectivity index (χ0n) is 26.7. The highest BCUT2D eigenvalue weighted by molar-refractivity contribution is 6.11. The molecule has 7 aromatic carbocycles. The highest BCUT2D eigenvalue weighted by Gasteiger charge is 2.19. The largest absolute Gasteiger partial charge is 0.309 e. The van der Waals surface area contributed by atoms with Gasteiger partial charge in [0.2, 0.25) is 0 Å². The van der Waals surface area contributed by atoms with E-state index in [9.17, 15) is 15.8 Å². The number of nitriles is 3. The minimum atomic E-state index is 0.562. The van der Waals surface area contributed by atoms with E-state index in [2.05, 4.69) is 106 Å². The number of rotatable bonds is 4. The summed E-state index contributed by atoms with van der Waals surface area (Å²) in [7, 11) is 0. The molecule has 0 fully saturated rings. The number of aromatic nitrogens is 2. The Balaban J connectivity index is 1.41. The van der Waals surface area contributed by atoms with E-state index in [0.29, 0.717) is 16.7 Å². The van der Waals surface area contributed by atoms with Crippen LogP contribution in [0.1, 0.15) is 16.7 Å². The van der Waals surface area contributed by atoms with Crippen LogP contribution >= 0.6 is 0 Å². The van der Waals surface area contributed by atoms with Crippen LogP contribution in [-0.4, -0.2) is 9.13 Å². The van der Waals surface area contributed by atoms with Gasteiger partial charge in [-0.1, -0.05) is 72.8 Å². The van der Waals surface area contributed by atoms with Gasteiger partial charge in [0.1, 0.15) is 0 Å². The van der Waals surface area contributed by atoms with Crippen LogP contribution < -0.4 is 0 Å². The maximum atomic E-state index is 9.79. The van der Waals surface area contributed by atoms with E-state index in [0.717, 1.165) is 66.5 Å². The number of nitrogens with zero attached hydrogens (tertiary/aromatic N) is 5. The molecular formula is C45H25N5. The lowest BCUT2D eigenvalue weighted by molar-refractivity contribution is 1.13. The molecule has 0 spiro atoms. The van der Waals surface area contributed by atoms with Crippen molar-refractivity contribution in [1.82, 2.24) is 9.13 Å². The second kappa shape index (κ2) is 11.4. The van der Waals surface area contributed by atoms with Gasteiger partial charge in [-0.25, -0.2) is 0 Å². The van der Waals surface area contributed by atoms with E-state index in [1.807, 2.05) is 72.8 Å². The van der Waals surface area contributed by atoms with Crippen molar-refractivity contribution >= 4 is 43.6 Å². The van der Waals surface area contributed by atoms with Crippen molar-refractivity contribution in [3.63, 3.8) is 0 Å². The van der Waals surface area contributed by atoms with Crippen LogP contribution in [0.15, 0.2) is 152 Å². The molecule has 0 bridgehead atoms. The fourth-order valence-electron chi connectivity index (χ4n) is 7.39. The van der Waals surface area contributed by atoms with E-state index in [1.165, 1.54) is 10.8 Å². The molecule has 0 aliphatic carbocycles. The molecule has 50 heavy (non-hydrogen) atoms. The summed E-state index contributed by atoms with van der Waals surface area (Å²) in [5.41, 5.74) is 11.8. The number of para-hydroxylation sites is 2. The zero-order valence-corrected chi connectivity index (χ0v) is 26.7. The molecule has 0 atom stereocenters. The molecule has 0 radical (unpaired) electrons. The van der Waals surface area contributed by atoms with E-state index < -0.39 is 0 Å². The third-order valence-corrected chi connectivity index (χ3v) is 9.56. The Labute approximate surface area is 287 Å². The third kappa shape index (κ3) is 4.45. The lowest BCUT2D eigenvalue weighted by atomic mass is 9.93. The Morgan fingerprint density at radius 2 is 0.800 bits per heavy atom. The Bertz CT molecular complexity index is 2850. The molecule has 0 amide bonds. The van der Waals surface area contributed by atoms with Gasteiger partial charge >= 0.3 is 0 Å². The summed E-state index contributed by atoms with van der Waals surface area (Å²) in [4.78, 5) is 0. The summed E-state index contributed by atoms with van der Waals surface area (Å²) in [6.45, 7) is 0. The third-order valence-electron chi connectivity index (χ3n) is 9.56. The van der Waals surface area contributed by atoms with Crippen molar-refractivity contribution in [2.45, 2.75) is 0 Å². The van der Waals surface area contributed by atoms with Gasteiger partial charge in [0.25, 0.3) is 0 Å². The van der Waals surface area contributed by atoms with Gasteiger partial charge in [0, 0.05) is 32.9 Å². The van der Waals surface area contributed by atoms with Crippen molar-refractivity contribution in [3.05, 3.63) is 168 Å². The Kier molecular flexibility index (Phi) is 6.56. The standard InChI is InChI=1S/C45H25N5/c46-26-29-8-7-9-32(20-29)36-10-1-2-11-37(36)33-23-34(49-42-14-5-3-12-38(42)39-13-4-6-15-43(39)49)25-35(24-33)50-44-18-16-30(27-47)21-40(44)41-22-31(28-48)17-19-45(41)50/h1-25H. The van der Waals surface area contributed by atoms with Gasteiger partial charge in [0.05, 0.1) is 57.0 Å². The average Bonchev–Trinajstić information content (AvgIpc) is 3.70. The predicted octanol–water partition coefficient (Wildman–Crippen LogP) is 10.8. The lowest BCUT2D eigenvalue weighted by Gasteiger charge is -2.17. The van der Waals surface area contributed by atoms with Crippen molar-refractivity contribution in [3.8, 4) is 51.8 Å². The summed E-state index contributed by atoms with van der Waals surface area (Å²) in [5, 5.41) is 33.5. The minimum absolute atomic E-state index is 0.562. The lowest BCUT2D eigenvalue weighted by Crippen LogP contribution is -2.00. The first kappa shape index (κ1) is 28.8. The highest BCUT2D eigenvalue weighted by Crippen LogP contribution is 2.40. The van der Waals surface area contributed by atoms with Crippen LogP contribution in [-0.2, 0) is 0 Å². The fourth-order valence-corrected chi connectivity index (χ4v) is 7.39. The van der Waals surface area contributed by atoms with Gasteiger partial charge in [0.15, 0.2) is 0 Å². The van der Waals surface area contributed by atoms with Crippen molar-refractivity contribution in [2.24, 2.45) is 0 Å². The van der Waals surface area contributed by atoms with Crippen LogP contribution in [0.25, 0.3) is 77.2 Å². The van der Waals surface area contributed by atoms with Crippen LogP contribution in [0.2, 0.25) is 0 Å². The van der Waals surface area contributed by atoms with Crippen molar-refractivity contribution in [2.75, 3.05) is 0 Å². The smallest absolute Gasteiger partial charge is 0.0991 e. The zero-order chi connectivity index (χ0) is 33.8. The second-order valence-corrected chi connectivity index (χ2v) is 12.4. The molecule has 0 N–H and O–H groups in total. The quantitative estimate of drug-likeness (QED) is 0.193. The predicted molar refractivity (Wildman–Crippen MR) is 200 cm³/mol. The average molecular weight is 636 g/mol. The second-order valence-electron chi connectivity index (χ2n) is 12.4. The van der Waals surface area contributed by atoms with Crippen LogP contribution in [0, 0.1) is 34.0 Å². The summed E-state index contributed by atoms with van der Waals surface area (Å²) in [6.07, 6.45) is 0. The Hall–Kier alpha value is -7.39. The summed E-state index contributed by atoms with van der Waals surface area (Å²) in [6, 6.07) is 58.0. The number of hydrogen-bond acceptors (Lipinski definition) is 3. The van der Waals surface area contributed by atoms with Crippen molar-refractivity contribution in [1.29, 1.82) is 15.8 Å². The fraction of sp³-hybridized carbons (Fsp3) is 0. The number of fused-ring (bicyclic) bond motifs is 6. The molecule has 2 aromatic heterocycles. The molecule has 9 rings (SSSR count). The Morgan fingerprint density at radius 3 is 1.34 bits per heavy atom. The molecule has 0 saturated carbocycles. The molecule has 0 aliphatic heterocycles. The molecule has 9 aromatic rings. The number of hydrogen-bond donors (Lipinski definition) is 0. The van der Waals surface area contributed by atoms with E-state index in [4.69, 9.17) is 0 Å². The van der Waals surface area contributed by atoms with Gasteiger partial charge < -0.3 is 9.13 Å². The number of benzene rings is 7. The molecule has 5 nitrogen and oxygen atoms in total. The molecule has 2 heterocycles. The summed E-state index contributed by atoms with van der Waals surface area (Å²) >= 11 is 0. The monoisotopic (exact) mass is 635 g/mol. The molecule has 5 heteroatoms. The maximum Gasteiger partial charge on any atom is 0.0991 e. The normalized spacial score (nSPS) is 11.1. The molecular weight excluding hydrogens is 611 g/mol. The van der Waals surface area contributed by atoms with Gasteiger partial charge in [-0.3, -0.25) is 0 Å². The highest BCUT2D eigenvalue weighted by atomic mass is 15.0. The summed E-state index contributed by atoms with van der Waals surface area (Å²) < 4.78 is 4.55. The molecule has 0 unspecified atom stereocenters. The first-order chi connectivity index (χ1) is 24.6. The van der Waals surface area contributed by atoms with E-state index in [-0.39, 0.29) is 0 Å². The van der Waals surface area contributed by atoms with Gasteiger partial charge in [-0.2, -0.15) is 15.8 Å². The van der Waals surface area contributed by atoms with Crippen LogP contribution in [0.5, 0.6) is 0 Å². The van der Waals surface area contributed by atoms with E-state index in [1.54, 1.807) is 0 Å². The maximum absolute atomic E-state index is 9.79. The topological polar surface area (TPSA) is 81.2 Å². The minimum Gasteiger partial charge on any atom is -0.309 e. The first-order valence-electron chi connectivity index (χ1n) is 16.3. The summed E-state index contributed by atoms with van der Waals surface area (Å²) in [5.74, 6) is 0.